The highest BCUT2D eigenvalue weighted by atomic mass is 16.1. The van der Waals surface area contributed by atoms with Crippen LogP contribution in [0, 0.1) is 5.92 Å². The van der Waals surface area contributed by atoms with Gasteiger partial charge in [-0.2, -0.15) is 0 Å². The maximum atomic E-state index is 11.9. The van der Waals surface area contributed by atoms with Gasteiger partial charge in [-0.25, -0.2) is 0 Å². The van der Waals surface area contributed by atoms with Crippen LogP contribution >= 0.6 is 0 Å². The fourth-order valence-corrected chi connectivity index (χ4v) is 1.78. The molecule has 1 atom stereocenters. The zero-order chi connectivity index (χ0) is 14.3. The van der Waals surface area contributed by atoms with Crippen molar-refractivity contribution in [2.75, 3.05) is 32.5 Å². The molecule has 1 amide bonds. The van der Waals surface area contributed by atoms with Crippen molar-refractivity contribution in [3.8, 4) is 0 Å². The predicted octanol–water partition coefficient (Wildman–Crippen LogP) is 1.93. The second kappa shape index (κ2) is 7.92. The summed E-state index contributed by atoms with van der Waals surface area (Å²) in [5, 5.41) is 6.12. The minimum Gasteiger partial charge on any atom is -0.326 e. The van der Waals surface area contributed by atoms with E-state index in [4.69, 9.17) is 0 Å². The summed E-state index contributed by atoms with van der Waals surface area (Å²) in [5.41, 5.74) is 2.10. The maximum Gasteiger partial charge on any atom is 0.228 e. The lowest BCUT2D eigenvalue weighted by atomic mass is 10.1. The first kappa shape index (κ1) is 15.7. The SMILES string of the molecule is CCNCC(C)C(=O)Nc1ccc(CN(C)C)cc1. The Hall–Kier alpha value is -1.39. The molecule has 19 heavy (non-hydrogen) atoms. The molecule has 1 aromatic carbocycles. The first-order valence-electron chi connectivity index (χ1n) is 6.78. The molecule has 0 spiro atoms. The number of hydrogen-bond acceptors (Lipinski definition) is 3. The van der Waals surface area contributed by atoms with Crippen LogP contribution in [0.4, 0.5) is 5.69 Å². The lowest BCUT2D eigenvalue weighted by molar-refractivity contribution is -0.119. The van der Waals surface area contributed by atoms with Crippen LogP contribution in [0.2, 0.25) is 0 Å². The average molecular weight is 263 g/mol. The van der Waals surface area contributed by atoms with Gasteiger partial charge >= 0.3 is 0 Å². The predicted molar refractivity (Wildman–Crippen MR) is 80.2 cm³/mol. The fourth-order valence-electron chi connectivity index (χ4n) is 1.78. The highest BCUT2D eigenvalue weighted by molar-refractivity contribution is 5.92. The highest BCUT2D eigenvalue weighted by Gasteiger charge is 2.12. The third-order valence-electron chi connectivity index (χ3n) is 2.87. The summed E-state index contributed by atoms with van der Waals surface area (Å²) >= 11 is 0. The van der Waals surface area contributed by atoms with Gasteiger partial charge < -0.3 is 15.5 Å². The quantitative estimate of drug-likeness (QED) is 0.790. The van der Waals surface area contributed by atoms with Gasteiger partial charge in [0.2, 0.25) is 5.91 Å². The fraction of sp³-hybridized carbons (Fsp3) is 0.533. The van der Waals surface area contributed by atoms with Gasteiger partial charge in [0.15, 0.2) is 0 Å². The number of nitrogens with one attached hydrogen (secondary N) is 2. The lowest BCUT2D eigenvalue weighted by Crippen LogP contribution is -2.30. The summed E-state index contributed by atoms with van der Waals surface area (Å²) in [5.74, 6) is 0.0303. The van der Waals surface area contributed by atoms with Crippen molar-refractivity contribution >= 4 is 11.6 Å². The monoisotopic (exact) mass is 263 g/mol. The van der Waals surface area contributed by atoms with Gasteiger partial charge in [0.1, 0.15) is 0 Å². The van der Waals surface area contributed by atoms with Crippen LogP contribution in [0.5, 0.6) is 0 Å². The summed E-state index contributed by atoms with van der Waals surface area (Å²) in [6.45, 7) is 6.47. The van der Waals surface area contributed by atoms with E-state index in [2.05, 4.69) is 15.5 Å². The van der Waals surface area contributed by atoms with Crippen LogP contribution in [0.3, 0.4) is 0 Å². The molecule has 1 rings (SSSR count). The van der Waals surface area contributed by atoms with E-state index in [1.165, 1.54) is 5.56 Å². The molecule has 0 aromatic heterocycles. The Morgan fingerprint density at radius 3 is 2.42 bits per heavy atom. The Bertz CT molecular complexity index is 387. The number of carbonyl (C=O) groups excluding carboxylic acids is 1. The Kier molecular flexibility index (Phi) is 6.53. The van der Waals surface area contributed by atoms with Crippen molar-refractivity contribution in [2.24, 2.45) is 5.92 Å². The molecule has 0 heterocycles. The van der Waals surface area contributed by atoms with Gasteiger partial charge in [0, 0.05) is 24.7 Å². The normalized spacial score (nSPS) is 12.5. The molecule has 4 heteroatoms. The Labute approximate surface area is 116 Å². The summed E-state index contributed by atoms with van der Waals surface area (Å²) in [7, 11) is 4.08. The molecule has 0 bridgehead atoms. The number of nitrogens with zero attached hydrogens (tertiary/aromatic N) is 1. The molecule has 1 unspecified atom stereocenters. The van der Waals surface area contributed by atoms with Crippen molar-refractivity contribution < 1.29 is 4.79 Å². The molecule has 0 fully saturated rings. The number of amides is 1. The minimum atomic E-state index is -0.0265. The van der Waals surface area contributed by atoms with Crippen LogP contribution in [0.15, 0.2) is 24.3 Å². The highest BCUT2D eigenvalue weighted by Crippen LogP contribution is 2.11. The Morgan fingerprint density at radius 2 is 1.89 bits per heavy atom. The van der Waals surface area contributed by atoms with Crippen molar-refractivity contribution in [1.29, 1.82) is 0 Å². The minimum absolute atomic E-state index is 0.0265. The third-order valence-corrected chi connectivity index (χ3v) is 2.87. The number of hydrogen-bond donors (Lipinski definition) is 2. The van der Waals surface area contributed by atoms with Gasteiger partial charge in [-0.15, -0.1) is 0 Å². The second-order valence-corrected chi connectivity index (χ2v) is 5.13. The summed E-state index contributed by atoms with van der Waals surface area (Å²) in [4.78, 5) is 14.0. The van der Waals surface area contributed by atoms with E-state index in [-0.39, 0.29) is 11.8 Å². The van der Waals surface area contributed by atoms with Gasteiger partial charge in [0.25, 0.3) is 0 Å². The van der Waals surface area contributed by atoms with E-state index in [9.17, 15) is 4.79 Å². The average Bonchev–Trinajstić information content (AvgIpc) is 2.37. The lowest BCUT2D eigenvalue weighted by Gasteiger charge is -2.13. The van der Waals surface area contributed by atoms with E-state index in [0.29, 0.717) is 6.54 Å². The van der Waals surface area contributed by atoms with Crippen molar-refractivity contribution in [3.63, 3.8) is 0 Å². The molecule has 4 nitrogen and oxygen atoms in total. The zero-order valence-corrected chi connectivity index (χ0v) is 12.4. The standard InChI is InChI=1S/C15H25N3O/c1-5-16-10-12(2)15(19)17-14-8-6-13(7-9-14)11-18(3)4/h6-9,12,16H,5,10-11H2,1-4H3,(H,17,19). The van der Waals surface area contributed by atoms with Crippen LogP contribution in [-0.4, -0.2) is 38.0 Å². The summed E-state index contributed by atoms with van der Waals surface area (Å²) < 4.78 is 0. The third kappa shape index (κ3) is 5.85. The smallest absolute Gasteiger partial charge is 0.228 e. The van der Waals surface area contributed by atoms with Crippen LogP contribution in [-0.2, 0) is 11.3 Å². The second-order valence-electron chi connectivity index (χ2n) is 5.13. The first-order valence-corrected chi connectivity index (χ1v) is 6.78. The van der Waals surface area contributed by atoms with Crippen LogP contribution in [0.25, 0.3) is 0 Å². The van der Waals surface area contributed by atoms with E-state index in [0.717, 1.165) is 18.8 Å². The number of carbonyl (C=O) groups is 1. The molecule has 0 radical (unpaired) electrons. The molecule has 0 aliphatic carbocycles. The number of anilines is 1. The molecule has 106 valence electrons. The molecule has 2 N–H and O–H groups in total. The summed E-state index contributed by atoms with van der Waals surface area (Å²) in [6.07, 6.45) is 0. The van der Waals surface area contributed by atoms with Gasteiger partial charge in [-0.1, -0.05) is 26.0 Å². The van der Waals surface area contributed by atoms with Crippen molar-refractivity contribution in [1.82, 2.24) is 10.2 Å². The topological polar surface area (TPSA) is 44.4 Å². The molecule has 0 aliphatic heterocycles. The molecule has 0 aliphatic rings. The van der Waals surface area contributed by atoms with Crippen molar-refractivity contribution in [2.45, 2.75) is 20.4 Å². The van der Waals surface area contributed by atoms with E-state index in [1.807, 2.05) is 52.2 Å². The summed E-state index contributed by atoms with van der Waals surface area (Å²) in [6, 6.07) is 8.00. The number of rotatable bonds is 7. The maximum absolute atomic E-state index is 11.9. The molecular formula is C15H25N3O. The molecular weight excluding hydrogens is 238 g/mol. The van der Waals surface area contributed by atoms with Gasteiger partial charge in [-0.3, -0.25) is 4.79 Å². The van der Waals surface area contributed by atoms with E-state index < -0.39 is 0 Å². The van der Waals surface area contributed by atoms with Gasteiger partial charge in [-0.05, 0) is 38.3 Å². The Balaban J connectivity index is 2.50. The molecule has 0 saturated heterocycles. The van der Waals surface area contributed by atoms with E-state index in [1.54, 1.807) is 0 Å². The zero-order valence-electron chi connectivity index (χ0n) is 12.4. The first-order chi connectivity index (χ1) is 9.02. The van der Waals surface area contributed by atoms with Crippen molar-refractivity contribution in [3.05, 3.63) is 29.8 Å². The van der Waals surface area contributed by atoms with Gasteiger partial charge in [0.05, 0.1) is 0 Å². The van der Waals surface area contributed by atoms with E-state index >= 15 is 0 Å². The Morgan fingerprint density at radius 1 is 1.26 bits per heavy atom. The molecule has 1 aromatic rings. The number of benzene rings is 1. The molecule has 0 saturated carbocycles. The largest absolute Gasteiger partial charge is 0.326 e. The van der Waals surface area contributed by atoms with Crippen LogP contribution in [0.1, 0.15) is 19.4 Å². The van der Waals surface area contributed by atoms with Crippen LogP contribution < -0.4 is 10.6 Å².